The Morgan fingerprint density at radius 1 is 1.19 bits per heavy atom. The van der Waals surface area contributed by atoms with Gasteiger partial charge in [-0.2, -0.15) is 15.0 Å². The lowest BCUT2D eigenvalue weighted by Gasteiger charge is -2.39. The van der Waals surface area contributed by atoms with Crippen molar-refractivity contribution in [1.82, 2.24) is 34.9 Å². The van der Waals surface area contributed by atoms with Crippen LogP contribution in [0.25, 0.3) is 0 Å². The molecule has 1 aliphatic heterocycles. The van der Waals surface area contributed by atoms with E-state index in [0.717, 1.165) is 12.1 Å². The van der Waals surface area contributed by atoms with Crippen molar-refractivity contribution in [1.29, 1.82) is 0 Å². The van der Waals surface area contributed by atoms with Crippen LogP contribution in [0.5, 0.6) is 0 Å². The largest absolute Gasteiger partial charge is 0.338 e. The molecule has 8 heteroatoms. The normalized spacial score (nSPS) is 14.4. The first-order chi connectivity index (χ1) is 12.7. The molecule has 0 radical (unpaired) electrons. The highest BCUT2D eigenvalue weighted by Crippen LogP contribution is 2.22. The Morgan fingerprint density at radius 2 is 1.96 bits per heavy atom. The third-order valence-corrected chi connectivity index (χ3v) is 4.79. The molecule has 1 fully saturated rings. The SMILES string of the molecule is Cc1ccccc1CCC(=O)N1CC(n2cc(Cn3nccn3)nn2)C1. The Bertz CT molecular complexity index is 881. The van der Waals surface area contributed by atoms with Gasteiger partial charge in [0, 0.05) is 19.5 Å². The monoisotopic (exact) mass is 351 g/mol. The van der Waals surface area contributed by atoms with Crippen molar-refractivity contribution < 1.29 is 4.79 Å². The quantitative estimate of drug-likeness (QED) is 0.667. The van der Waals surface area contributed by atoms with Crippen molar-refractivity contribution in [3.8, 4) is 0 Å². The van der Waals surface area contributed by atoms with E-state index >= 15 is 0 Å². The first kappa shape index (κ1) is 16.4. The third-order valence-electron chi connectivity index (χ3n) is 4.79. The molecule has 1 aliphatic rings. The molecule has 0 atom stereocenters. The van der Waals surface area contributed by atoms with Crippen molar-refractivity contribution >= 4 is 5.91 Å². The number of likely N-dealkylation sites (tertiary alicyclic amines) is 1. The van der Waals surface area contributed by atoms with Crippen LogP contribution in [0.15, 0.2) is 42.9 Å². The van der Waals surface area contributed by atoms with Crippen LogP contribution < -0.4 is 0 Å². The van der Waals surface area contributed by atoms with E-state index in [4.69, 9.17) is 0 Å². The van der Waals surface area contributed by atoms with Crippen molar-refractivity contribution in [2.75, 3.05) is 13.1 Å². The molecule has 0 N–H and O–H groups in total. The number of hydrogen-bond acceptors (Lipinski definition) is 5. The van der Waals surface area contributed by atoms with Crippen LogP contribution in [0.1, 0.15) is 29.3 Å². The van der Waals surface area contributed by atoms with E-state index in [1.165, 1.54) is 11.1 Å². The van der Waals surface area contributed by atoms with E-state index in [9.17, 15) is 4.79 Å². The minimum Gasteiger partial charge on any atom is -0.338 e. The summed E-state index contributed by atoms with van der Waals surface area (Å²) in [5.41, 5.74) is 3.29. The lowest BCUT2D eigenvalue weighted by molar-refractivity contribution is -0.137. The van der Waals surface area contributed by atoms with E-state index in [0.29, 0.717) is 26.1 Å². The van der Waals surface area contributed by atoms with Gasteiger partial charge in [-0.05, 0) is 24.5 Å². The molecule has 8 nitrogen and oxygen atoms in total. The molecule has 0 unspecified atom stereocenters. The van der Waals surface area contributed by atoms with Gasteiger partial charge in [0.15, 0.2) is 0 Å². The molecule has 1 saturated heterocycles. The Kier molecular flexibility index (Phi) is 4.47. The molecule has 2 aromatic heterocycles. The van der Waals surface area contributed by atoms with Gasteiger partial charge in [-0.3, -0.25) is 4.79 Å². The van der Waals surface area contributed by atoms with E-state index in [2.05, 4.69) is 39.6 Å². The van der Waals surface area contributed by atoms with Crippen LogP contribution in [0.2, 0.25) is 0 Å². The minimum atomic E-state index is 0.198. The van der Waals surface area contributed by atoms with Crippen LogP contribution >= 0.6 is 0 Å². The Balaban J connectivity index is 1.26. The molecule has 0 spiro atoms. The van der Waals surface area contributed by atoms with Crippen molar-refractivity contribution in [3.63, 3.8) is 0 Å². The number of carbonyl (C=O) groups excluding carboxylic acids is 1. The molecule has 3 aromatic rings. The summed E-state index contributed by atoms with van der Waals surface area (Å²) in [6.45, 7) is 3.96. The lowest BCUT2D eigenvalue weighted by Crippen LogP contribution is -2.51. The molecule has 3 heterocycles. The van der Waals surface area contributed by atoms with Crippen molar-refractivity contribution in [3.05, 3.63) is 59.7 Å². The maximum Gasteiger partial charge on any atom is 0.223 e. The average molecular weight is 351 g/mol. The van der Waals surface area contributed by atoms with Gasteiger partial charge < -0.3 is 4.90 Å². The lowest BCUT2D eigenvalue weighted by atomic mass is 10.0. The number of benzene rings is 1. The highest BCUT2D eigenvalue weighted by molar-refractivity contribution is 5.77. The molecule has 0 saturated carbocycles. The molecular weight excluding hydrogens is 330 g/mol. The maximum atomic E-state index is 12.4. The summed E-state index contributed by atoms with van der Waals surface area (Å²) >= 11 is 0. The Hall–Kier alpha value is -3.03. The maximum absolute atomic E-state index is 12.4. The molecule has 1 amide bonds. The molecule has 1 aromatic carbocycles. The van der Waals surface area contributed by atoms with Crippen LogP contribution in [0.3, 0.4) is 0 Å². The second kappa shape index (κ2) is 7.07. The molecule has 26 heavy (non-hydrogen) atoms. The van der Waals surface area contributed by atoms with Gasteiger partial charge in [-0.1, -0.05) is 29.5 Å². The summed E-state index contributed by atoms with van der Waals surface area (Å²) < 4.78 is 1.84. The third kappa shape index (κ3) is 3.49. The van der Waals surface area contributed by atoms with Crippen LogP contribution in [0.4, 0.5) is 0 Å². The summed E-state index contributed by atoms with van der Waals surface area (Å²) in [6.07, 6.45) is 6.51. The van der Waals surface area contributed by atoms with E-state index in [1.807, 2.05) is 27.9 Å². The predicted molar refractivity (Wildman–Crippen MR) is 94.3 cm³/mol. The highest BCUT2D eigenvalue weighted by atomic mass is 16.2. The number of hydrogen-bond donors (Lipinski definition) is 0. The van der Waals surface area contributed by atoms with Gasteiger partial charge in [0.2, 0.25) is 5.91 Å². The summed E-state index contributed by atoms with van der Waals surface area (Å²) in [5, 5.41) is 16.5. The van der Waals surface area contributed by atoms with E-state index in [-0.39, 0.29) is 11.9 Å². The Morgan fingerprint density at radius 3 is 2.73 bits per heavy atom. The number of aromatic nitrogens is 6. The fourth-order valence-corrected chi connectivity index (χ4v) is 3.15. The molecule has 134 valence electrons. The van der Waals surface area contributed by atoms with E-state index < -0.39 is 0 Å². The molecule has 0 aliphatic carbocycles. The minimum absolute atomic E-state index is 0.198. The second-order valence-electron chi connectivity index (χ2n) is 6.63. The Labute approximate surface area is 151 Å². The first-order valence-corrected chi connectivity index (χ1v) is 8.76. The highest BCUT2D eigenvalue weighted by Gasteiger charge is 2.32. The number of nitrogens with zero attached hydrogens (tertiary/aromatic N) is 7. The van der Waals surface area contributed by atoms with Crippen molar-refractivity contribution in [2.45, 2.75) is 32.4 Å². The second-order valence-corrected chi connectivity index (χ2v) is 6.63. The molecular formula is C18H21N7O. The predicted octanol–water partition coefficient (Wildman–Crippen LogP) is 1.24. The summed E-state index contributed by atoms with van der Waals surface area (Å²) in [4.78, 5) is 15.8. The molecule has 4 rings (SSSR count). The smallest absolute Gasteiger partial charge is 0.223 e. The first-order valence-electron chi connectivity index (χ1n) is 8.76. The molecule has 0 bridgehead atoms. The average Bonchev–Trinajstić information content (AvgIpc) is 3.26. The number of rotatable bonds is 6. The number of amides is 1. The van der Waals surface area contributed by atoms with Gasteiger partial charge in [0.1, 0.15) is 12.2 Å². The van der Waals surface area contributed by atoms with Gasteiger partial charge in [-0.25, -0.2) is 4.68 Å². The van der Waals surface area contributed by atoms with Crippen molar-refractivity contribution in [2.24, 2.45) is 0 Å². The number of carbonyl (C=O) groups is 1. The fraction of sp³-hybridized carbons (Fsp3) is 0.389. The van der Waals surface area contributed by atoms with Crippen LogP contribution in [-0.2, 0) is 17.8 Å². The summed E-state index contributed by atoms with van der Waals surface area (Å²) in [7, 11) is 0. The summed E-state index contributed by atoms with van der Waals surface area (Å²) in [6, 6.07) is 8.42. The van der Waals surface area contributed by atoms with Gasteiger partial charge >= 0.3 is 0 Å². The van der Waals surface area contributed by atoms with Gasteiger partial charge in [0.25, 0.3) is 0 Å². The van der Waals surface area contributed by atoms with Gasteiger partial charge in [0.05, 0.1) is 24.6 Å². The van der Waals surface area contributed by atoms with E-state index in [1.54, 1.807) is 17.2 Å². The fourth-order valence-electron chi connectivity index (χ4n) is 3.15. The zero-order valence-corrected chi connectivity index (χ0v) is 14.7. The van der Waals surface area contributed by atoms with Gasteiger partial charge in [-0.15, -0.1) is 5.10 Å². The number of aryl methyl sites for hydroxylation is 2. The zero-order valence-electron chi connectivity index (χ0n) is 14.7. The van der Waals surface area contributed by atoms with Crippen LogP contribution in [-0.4, -0.2) is 53.9 Å². The topological polar surface area (TPSA) is 81.7 Å². The zero-order chi connectivity index (χ0) is 17.9. The van der Waals surface area contributed by atoms with Crippen LogP contribution in [0, 0.1) is 6.92 Å². The summed E-state index contributed by atoms with van der Waals surface area (Å²) in [5.74, 6) is 0.200. The standard InChI is InChI=1S/C18H21N7O/c1-14-4-2-3-5-15(14)6-7-18(26)23-12-17(13-23)24-10-16(21-22-24)11-25-19-8-9-20-25/h2-5,8-10,17H,6-7,11-13H2,1H3.